The van der Waals surface area contributed by atoms with Crippen molar-refractivity contribution in [1.82, 2.24) is 9.80 Å². The van der Waals surface area contributed by atoms with Crippen LogP contribution in [0.15, 0.2) is 54.6 Å². The number of anilines is 1. The van der Waals surface area contributed by atoms with E-state index in [-0.39, 0.29) is 36.8 Å². The van der Waals surface area contributed by atoms with Crippen molar-refractivity contribution in [1.29, 1.82) is 0 Å². The van der Waals surface area contributed by atoms with E-state index < -0.39 is 0 Å². The number of likely N-dealkylation sites (tertiary alicyclic amines) is 1. The van der Waals surface area contributed by atoms with Crippen LogP contribution in [0.1, 0.15) is 28.8 Å². The predicted molar refractivity (Wildman–Crippen MR) is 112 cm³/mol. The molecule has 3 rings (SSSR count). The molecule has 4 nitrogen and oxygen atoms in total. The van der Waals surface area contributed by atoms with Crippen LogP contribution in [0, 0.1) is 0 Å². The Balaban J connectivity index is 0.00000169. The van der Waals surface area contributed by atoms with Gasteiger partial charge in [0.25, 0.3) is 5.91 Å². The lowest BCUT2D eigenvalue weighted by Gasteiger charge is -2.37. The fraction of sp³-hybridized carbons (Fsp3) is 0.350. The molecule has 0 aliphatic carbocycles. The minimum atomic E-state index is 0. The lowest BCUT2D eigenvalue weighted by molar-refractivity contribution is 0.0609. The molecule has 1 aliphatic rings. The van der Waals surface area contributed by atoms with Gasteiger partial charge in [-0.15, -0.1) is 24.8 Å². The van der Waals surface area contributed by atoms with Crippen molar-refractivity contribution in [3.05, 3.63) is 65.7 Å². The van der Waals surface area contributed by atoms with Crippen LogP contribution in [0.2, 0.25) is 0 Å². The quantitative estimate of drug-likeness (QED) is 0.799. The van der Waals surface area contributed by atoms with Crippen LogP contribution in [0.25, 0.3) is 0 Å². The fourth-order valence-electron chi connectivity index (χ4n) is 3.37. The van der Waals surface area contributed by atoms with Crippen molar-refractivity contribution in [2.75, 3.05) is 25.9 Å². The number of nitrogen functional groups attached to an aromatic ring is 1. The zero-order valence-corrected chi connectivity index (χ0v) is 16.6. The van der Waals surface area contributed by atoms with E-state index in [0.717, 1.165) is 32.5 Å². The van der Waals surface area contributed by atoms with Crippen LogP contribution in [0.4, 0.5) is 5.69 Å². The Morgan fingerprint density at radius 3 is 2.58 bits per heavy atom. The van der Waals surface area contributed by atoms with Crippen LogP contribution < -0.4 is 5.73 Å². The number of nitrogens with zero attached hydrogens (tertiary/aromatic N) is 2. The van der Waals surface area contributed by atoms with E-state index in [2.05, 4.69) is 29.2 Å². The molecule has 1 saturated heterocycles. The molecular formula is C20H27Cl2N3O. The fourth-order valence-corrected chi connectivity index (χ4v) is 3.37. The molecule has 0 aromatic heterocycles. The monoisotopic (exact) mass is 395 g/mol. The summed E-state index contributed by atoms with van der Waals surface area (Å²) >= 11 is 0. The van der Waals surface area contributed by atoms with E-state index in [4.69, 9.17) is 5.73 Å². The Morgan fingerprint density at radius 1 is 1.15 bits per heavy atom. The van der Waals surface area contributed by atoms with Gasteiger partial charge < -0.3 is 10.6 Å². The second-order valence-electron chi connectivity index (χ2n) is 6.56. The van der Waals surface area contributed by atoms with Crippen LogP contribution in [0.3, 0.4) is 0 Å². The first-order chi connectivity index (χ1) is 11.6. The largest absolute Gasteiger partial charge is 0.399 e. The molecule has 2 aromatic carbocycles. The number of carbonyl (C=O) groups is 1. The second kappa shape index (κ2) is 10.4. The molecular weight excluding hydrogens is 369 g/mol. The highest BCUT2D eigenvalue weighted by atomic mass is 35.5. The Labute approximate surface area is 168 Å². The Hall–Kier alpha value is -1.75. The number of amides is 1. The van der Waals surface area contributed by atoms with E-state index >= 15 is 0 Å². The van der Waals surface area contributed by atoms with Gasteiger partial charge in [-0.05, 0) is 43.1 Å². The summed E-state index contributed by atoms with van der Waals surface area (Å²) in [4.78, 5) is 17.0. The normalized spacial score (nSPS) is 16.9. The molecule has 1 aliphatic heterocycles. The average molecular weight is 396 g/mol. The van der Waals surface area contributed by atoms with Crippen molar-refractivity contribution in [2.45, 2.75) is 25.4 Å². The van der Waals surface area contributed by atoms with Crippen molar-refractivity contribution < 1.29 is 4.79 Å². The number of nitrogens with two attached hydrogens (primary N) is 1. The van der Waals surface area contributed by atoms with Gasteiger partial charge >= 0.3 is 0 Å². The zero-order valence-electron chi connectivity index (χ0n) is 15.0. The van der Waals surface area contributed by atoms with E-state index in [9.17, 15) is 4.79 Å². The number of carbonyl (C=O) groups excluding carboxylic acids is 1. The van der Waals surface area contributed by atoms with Gasteiger partial charge in [0, 0.05) is 37.4 Å². The number of halogens is 2. The standard InChI is InChI=1S/C20H25N3O.2ClH/c1-22(20(24)17-9-5-10-18(21)13-17)19-11-6-12-23(15-19)14-16-7-3-2-4-8-16;;/h2-5,7-10,13,19H,6,11-12,14-15,21H2,1H3;2*1H. The van der Waals surface area contributed by atoms with E-state index in [1.165, 1.54) is 5.56 Å². The molecule has 0 radical (unpaired) electrons. The molecule has 1 atom stereocenters. The van der Waals surface area contributed by atoms with E-state index in [1.54, 1.807) is 12.1 Å². The summed E-state index contributed by atoms with van der Waals surface area (Å²) in [7, 11) is 1.90. The minimum absolute atomic E-state index is 0. The van der Waals surface area contributed by atoms with Crippen molar-refractivity contribution in [2.24, 2.45) is 0 Å². The summed E-state index contributed by atoms with van der Waals surface area (Å²) in [5.74, 6) is 0.0499. The minimum Gasteiger partial charge on any atom is -0.399 e. The lowest BCUT2D eigenvalue weighted by atomic mass is 10.0. The van der Waals surface area contributed by atoms with Crippen LogP contribution in [-0.4, -0.2) is 41.9 Å². The first kappa shape index (κ1) is 22.3. The third-order valence-corrected chi connectivity index (χ3v) is 4.73. The molecule has 1 fully saturated rings. The van der Waals surface area contributed by atoms with Gasteiger partial charge in [-0.3, -0.25) is 9.69 Å². The summed E-state index contributed by atoms with van der Waals surface area (Å²) in [6, 6.07) is 18.0. The molecule has 26 heavy (non-hydrogen) atoms. The van der Waals surface area contributed by atoms with E-state index in [0.29, 0.717) is 11.3 Å². The van der Waals surface area contributed by atoms with Crippen molar-refractivity contribution in [3.8, 4) is 0 Å². The second-order valence-corrected chi connectivity index (χ2v) is 6.56. The third kappa shape index (κ3) is 5.63. The molecule has 2 aromatic rings. The number of rotatable bonds is 4. The number of hydrogen-bond donors (Lipinski definition) is 1. The SMILES string of the molecule is CN(C(=O)c1cccc(N)c1)C1CCCN(Cc2ccccc2)C1.Cl.Cl. The Kier molecular flexibility index (Phi) is 8.93. The van der Waals surface area contributed by atoms with Crippen molar-refractivity contribution >= 4 is 36.4 Å². The van der Waals surface area contributed by atoms with Gasteiger partial charge in [-0.2, -0.15) is 0 Å². The van der Waals surface area contributed by atoms with Gasteiger partial charge in [0.15, 0.2) is 0 Å². The van der Waals surface area contributed by atoms with Gasteiger partial charge in [0.1, 0.15) is 0 Å². The molecule has 1 unspecified atom stereocenters. The van der Waals surface area contributed by atoms with E-state index in [1.807, 2.05) is 30.1 Å². The Bertz CT molecular complexity index is 696. The summed E-state index contributed by atoms with van der Waals surface area (Å²) in [5.41, 5.74) is 8.42. The number of piperidine rings is 1. The van der Waals surface area contributed by atoms with Gasteiger partial charge in [-0.1, -0.05) is 36.4 Å². The summed E-state index contributed by atoms with van der Waals surface area (Å²) in [6.45, 7) is 2.95. The summed E-state index contributed by atoms with van der Waals surface area (Å²) < 4.78 is 0. The van der Waals surface area contributed by atoms with Gasteiger partial charge in [-0.25, -0.2) is 0 Å². The third-order valence-electron chi connectivity index (χ3n) is 4.73. The van der Waals surface area contributed by atoms with Gasteiger partial charge in [0.2, 0.25) is 0 Å². The van der Waals surface area contributed by atoms with Crippen LogP contribution >= 0.6 is 24.8 Å². The zero-order chi connectivity index (χ0) is 16.9. The highest BCUT2D eigenvalue weighted by Crippen LogP contribution is 2.19. The maximum atomic E-state index is 12.7. The lowest BCUT2D eigenvalue weighted by Crippen LogP contribution is -2.48. The molecule has 0 spiro atoms. The molecule has 0 saturated carbocycles. The first-order valence-corrected chi connectivity index (χ1v) is 8.52. The number of hydrogen-bond acceptors (Lipinski definition) is 3. The molecule has 1 heterocycles. The smallest absolute Gasteiger partial charge is 0.253 e. The highest BCUT2D eigenvalue weighted by molar-refractivity contribution is 5.95. The molecule has 1 amide bonds. The van der Waals surface area contributed by atoms with Crippen molar-refractivity contribution in [3.63, 3.8) is 0 Å². The van der Waals surface area contributed by atoms with Gasteiger partial charge in [0.05, 0.1) is 0 Å². The summed E-state index contributed by atoms with van der Waals surface area (Å²) in [6.07, 6.45) is 2.17. The molecule has 6 heteroatoms. The van der Waals surface area contributed by atoms with Crippen LogP contribution in [-0.2, 0) is 6.54 Å². The predicted octanol–water partition coefficient (Wildman–Crippen LogP) is 3.85. The number of likely N-dealkylation sites (N-methyl/N-ethyl adjacent to an activating group) is 1. The molecule has 0 bridgehead atoms. The number of benzene rings is 2. The maximum Gasteiger partial charge on any atom is 0.253 e. The molecule has 142 valence electrons. The first-order valence-electron chi connectivity index (χ1n) is 8.52. The topological polar surface area (TPSA) is 49.6 Å². The maximum absolute atomic E-state index is 12.7. The Morgan fingerprint density at radius 2 is 1.88 bits per heavy atom. The summed E-state index contributed by atoms with van der Waals surface area (Å²) in [5, 5.41) is 0. The van der Waals surface area contributed by atoms with Crippen LogP contribution in [0.5, 0.6) is 0 Å². The average Bonchev–Trinajstić information content (AvgIpc) is 2.61. The molecule has 2 N–H and O–H groups in total. The highest BCUT2D eigenvalue weighted by Gasteiger charge is 2.26.